The molecule has 30 heavy (non-hydrogen) atoms. The number of nitriles is 1. The van der Waals surface area contributed by atoms with Crippen LogP contribution < -0.4 is 0 Å². The second kappa shape index (κ2) is 6.86. The van der Waals surface area contributed by atoms with Gasteiger partial charge in [-0.15, -0.1) is 11.3 Å². The predicted molar refractivity (Wildman–Crippen MR) is 122 cm³/mol. The van der Waals surface area contributed by atoms with Gasteiger partial charge in [-0.05, 0) is 35.9 Å². The van der Waals surface area contributed by atoms with E-state index in [1.165, 1.54) is 0 Å². The summed E-state index contributed by atoms with van der Waals surface area (Å²) in [4.78, 5) is 4.77. The van der Waals surface area contributed by atoms with Crippen molar-refractivity contribution in [2.45, 2.75) is 32.7 Å². The van der Waals surface area contributed by atoms with Gasteiger partial charge in [0.15, 0.2) is 10.8 Å². The first-order valence-electron chi connectivity index (χ1n) is 9.89. The van der Waals surface area contributed by atoms with Crippen molar-refractivity contribution in [3.63, 3.8) is 0 Å². The van der Waals surface area contributed by atoms with Crippen molar-refractivity contribution in [2.75, 3.05) is 0 Å². The Bertz CT molecular complexity index is 1420. The monoisotopic (exact) mass is 411 g/mol. The van der Waals surface area contributed by atoms with Crippen molar-refractivity contribution in [3.8, 4) is 16.8 Å². The smallest absolute Gasteiger partial charge is 0.164 e. The number of hydrogen-bond acceptors (Lipinski definition) is 4. The molecule has 0 aliphatic rings. The average Bonchev–Trinajstić information content (AvgIpc) is 3.44. The van der Waals surface area contributed by atoms with Crippen molar-refractivity contribution in [2.24, 2.45) is 0 Å². The van der Waals surface area contributed by atoms with Gasteiger partial charge in [0.1, 0.15) is 17.3 Å². The number of rotatable bonds is 3. The molecule has 0 spiro atoms. The lowest BCUT2D eigenvalue weighted by Gasteiger charge is -2.13. The first-order valence-corrected chi connectivity index (χ1v) is 10.8. The Morgan fingerprint density at radius 2 is 1.90 bits per heavy atom. The molecule has 3 heterocycles. The number of furan rings is 1. The van der Waals surface area contributed by atoms with Gasteiger partial charge in [0, 0.05) is 33.6 Å². The summed E-state index contributed by atoms with van der Waals surface area (Å²) < 4.78 is 8.14. The van der Waals surface area contributed by atoms with E-state index < -0.39 is 0 Å². The van der Waals surface area contributed by atoms with Gasteiger partial charge < -0.3 is 8.98 Å². The van der Waals surface area contributed by atoms with E-state index in [-0.39, 0.29) is 5.41 Å². The minimum Gasteiger partial charge on any atom is -0.454 e. The molecular weight excluding hydrogens is 390 g/mol. The Balaban J connectivity index is 1.51. The summed E-state index contributed by atoms with van der Waals surface area (Å²) in [6.07, 6.45) is 0. The minimum atomic E-state index is 0.0198. The molecule has 5 aromatic rings. The fraction of sp³-hybridized carbons (Fsp3) is 0.200. The summed E-state index contributed by atoms with van der Waals surface area (Å²) in [5.41, 5.74) is 4.81. The molecule has 0 fully saturated rings. The Morgan fingerprint density at radius 3 is 2.67 bits per heavy atom. The topological polar surface area (TPSA) is 54.8 Å². The van der Waals surface area contributed by atoms with E-state index in [0.29, 0.717) is 12.2 Å². The third-order valence-corrected chi connectivity index (χ3v) is 6.19. The maximum absolute atomic E-state index is 9.57. The SMILES string of the molecule is CC(C)(C)c1csc(-c2cc3cc(Cn4c(C#N)cc5ccccc54)ccc3o2)n1. The van der Waals surface area contributed by atoms with Crippen LogP contribution in [0.4, 0.5) is 0 Å². The molecule has 0 aliphatic carbocycles. The standard InChI is InChI=1S/C25H21N3OS/c1-25(2,3)23-15-30-24(27-23)22-12-18-10-16(8-9-21(18)29-22)14-28-19(13-26)11-17-6-4-5-7-20(17)28/h4-12,15H,14H2,1-3H3. The van der Waals surface area contributed by atoms with E-state index in [9.17, 15) is 5.26 Å². The van der Waals surface area contributed by atoms with E-state index in [2.05, 4.69) is 61.1 Å². The lowest BCUT2D eigenvalue weighted by molar-refractivity contribution is 0.571. The van der Waals surface area contributed by atoms with Crippen molar-refractivity contribution in [3.05, 3.63) is 76.9 Å². The fourth-order valence-corrected chi connectivity index (χ4v) is 4.68. The molecule has 5 heteroatoms. The fourth-order valence-electron chi connectivity index (χ4n) is 3.68. The van der Waals surface area contributed by atoms with Crippen LogP contribution in [0, 0.1) is 11.3 Å². The maximum Gasteiger partial charge on any atom is 0.164 e. The zero-order valence-corrected chi connectivity index (χ0v) is 18.0. The molecule has 0 saturated heterocycles. The van der Waals surface area contributed by atoms with Crippen LogP contribution in [0.5, 0.6) is 0 Å². The number of benzene rings is 2. The number of para-hydroxylation sites is 1. The third kappa shape index (κ3) is 3.20. The molecule has 2 aromatic carbocycles. The molecule has 0 amide bonds. The van der Waals surface area contributed by atoms with Crippen molar-refractivity contribution in [1.82, 2.24) is 9.55 Å². The second-order valence-electron chi connectivity index (χ2n) is 8.56. The van der Waals surface area contributed by atoms with Crippen molar-refractivity contribution in [1.29, 1.82) is 5.26 Å². The number of hydrogen-bond donors (Lipinski definition) is 0. The Labute approximate surface area is 179 Å². The quantitative estimate of drug-likeness (QED) is 0.331. The molecular formula is C25H21N3OS. The van der Waals surface area contributed by atoms with Gasteiger partial charge in [0.2, 0.25) is 0 Å². The third-order valence-electron chi connectivity index (χ3n) is 5.33. The molecule has 0 unspecified atom stereocenters. The van der Waals surface area contributed by atoms with Gasteiger partial charge in [-0.1, -0.05) is 45.0 Å². The van der Waals surface area contributed by atoms with Crippen LogP contribution in [-0.2, 0) is 12.0 Å². The van der Waals surface area contributed by atoms with Crippen LogP contribution in [0.1, 0.15) is 37.7 Å². The number of nitrogens with zero attached hydrogens (tertiary/aromatic N) is 3. The highest BCUT2D eigenvalue weighted by atomic mass is 32.1. The minimum absolute atomic E-state index is 0.0198. The average molecular weight is 412 g/mol. The Hall–Kier alpha value is -3.36. The van der Waals surface area contributed by atoms with E-state index >= 15 is 0 Å². The summed E-state index contributed by atoms with van der Waals surface area (Å²) in [5.74, 6) is 0.798. The molecule has 0 atom stereocenters. The van der Waals surface area contributed by atoms with Crippen molar-refractivity contribution < 1.29 is 4.42 Å². The largest absolute Gasteiger partial charge is 0.454 e. The summed E-state index contributed by atoms with van der Waals surface area (Å²) in [7, 11) is 0. The number of aromatic nitrogens is 2. The van der Waals surface area contributed by atoms with E-state index in [1.54, 1.807) is 11.3 Å². The molecule has 148 valence electrons. The van der Waals surface area contributed by atoms with Crippen LogP contribution in [0.25, 0.3) is 32.6 Å². The zero-order chi connectivity index (χ0) is 20.9. The molecule has 0 N–H and O–H groups in total. The lowest BCUT2D eigenvalue weighted by Crippen LogP contribution is -2.11. The first kappa shape index (κ1) is 18.7. The van der Waals surface area contributed by atoms with Crippen LogP contribution in [-0.4, -0.2) is 9.55 Å². The second-order valence-corrected chi connectivity index (χ2v) is 9.42. The molecule has 4 nitrogen and oxygen atoms in total. The Morgan fingerprint density at radius 1 is 1.07 bits per heavy atom. The first-order chi connectivity index (χ1) is 14.4. The van der Waals surface area contributed by atoms with Crippen LogP contribution in [0.2, 0.25) is 0 Å². The van der Waals surface area contributed by atoms with Gasteiger partial charge in [-0.3, -0.25) is 0 Å². The van der Waals surface area contributed by atoms with Gasteiger partial charge in [-0.2, -0.15) is 5.26 Å². The summed E-state index contributed by atoms with van der Waals surface area (Å²) in [5, 5.41) is 14.7. The maximum atomic E-state index is 9.57. The predicted octanol–water partition coefficient (Wildman–Crippen LogP) is 6.73. The zero-order valence-electron chi connectivity index (χ0n) is 17.1. The Kier molecular flexibility index (Phi) is 4.27. The summed E-state index contributed by atoms with van der Waals surface area (Å²) in [6, 6.07) is 20.6. The normalized spacial score (nSPS) is 11.9. The van der Waals surface area contributed by atoms with Crippen molar-refractivity contribution >= 4 is 33.2 Å². The molecule has 0 saturated carbocycles. The molecule has 0 radical (unpaired) electrons. The van der Waals surface area contributed by atoms with Gasteiger partial charge in [0.25, 0.3) is 0 Å². The van der Waals surface area contributed by atoms with Gasteiger partial charge >= 0.3 is 0 Å². The molecule has 0 aliphatic heterocycles. The van der Waals surface area contributed by atoms with Crippen LogP contribution in [0.15, 0.2) is 64.4 Å². The molecule has 5 rings (SSSR count). The summed E-state index contributed by atoms with van der Waals surface area (Å²) in [6.45, 7) is 7.13. The van der Waals surface area contributed by atoms with E-state index in [1.807, 2.05) is 30.3 Å². The lowest BCUT2D eigenvalue weighted by atomic mass is 9.93. The summed E-state index contributed by atoms with van der Waals surface area (Å²) >= 11 is 1.61. The number of fused-ring (bicyclic) bond motifs is 2. The van der Waals surface area contributed by atoms with Crippen LogP contribution >= 0.6 is 11.3 Å². The highest BCUT2D eigenvalue weighted by Gasteiger charge is 2.19. The molecule has 0 bridgehead atoms. The van der Waals surface area contributed by atoms with E-state index in [4.69, 9.17) is 9.40 Å². The van der Waals surface area contributed by atoms with E-state index in [0.717, 1.165) is 43.9 Å². The van der Waals surface area contributed by atoms with Gasteiger partial charge in [-0.25, -0.2) is 4.98 Å². The highest BCUT2D eigenvalue weighted by Crippen LogP contribution is 2.33. The molecule has 3 aromatic heterocycles. The highest BCUT2D eigenvalue weighted by molar-refractivity contribution is 7.13. The van der Waals surface area contributed by atoms with Crippen LogP contribution in [0.3, 0.4) is 0 Å². The van der Waals surface area contributed by atoms with Gasteiger partial charge in [0.05, 0.1) is 5.69 Å². The number of thiazole rings is 1.